The molecule has 0 aromatic heterocycles. The number of carbonyl (C=O) groups is 1. The quantitative estimate of drug-likeness (QED) is 0.498. The largest absolute Gasteiger partial charge is 0.465 e. The van der Waals surface area contributed by atoms with Crippen LogP contribution in [0, 0.1) is 0 Å². The van der Waals surface area contributed by atoms with E-state index in [9.17, 15) is 4.79 Å². The lowest BCUT2D eigenvalue weighted by Gasteiger charge is -2.02. The first-order valence-electron chi connectivity index (χ1n) is 4.52. The molecule has 0 aromatic rings. The Hall–Kier alpha value is -0.790. The Morgan fingerprint density at radius 1 is 1.29 bits per heavy atom. The van der Waals surface area contributed by atoms with Gasteiger partial charge < -0.3 is 4.74 Å². The molecule has 0 atom stereocenters. The molecule has 0 rings (SSSR count). The van der Waals surface area contributed by atoms with Crippen molar-refractivity contribution in [2.75, 3.05) is 6.61 Å². The molecule has 0 unspecified atom stereocenters. The number of rotatable bonds is 5. The molecule has 0 heterocycles. The second-order valence-electron chi connectivity index (χ2n) is 2.86. The predicted octanol–water partition coefficient (Wildman–Crippen LogP) is 3.96. The highest BCUT2D eigenvalue weighted by Gasteiger charge is 2.01. The zero-order valence-electron chi connectivity index (χ0n) is 8.22. The maximum absolute atomic E-state index is 11.0. The third-order valence-corrected chi connectivity index (χ3v) is 1.44. The minimum Gasteiger partial charge on any atom is -0.465 e. The van der Waals surface area contributed by atoms with Gasteiger partial charge in [-0.05, 0) is 19.8 Å². The third kappa shape index (κ3) is 11.2. The second-order valence-corrected chi connectivity index (χ2v) is 2.86. The van der Waals surface area contributed by atoms with Gasteiger partial charge in [0, 0.05) is 0 Å². The Bertz CT molecular complexity index is 160. The smallest absolute Gasteiger partial charge is 0.309 e. The van der Waals surface area contributed by atoms with Crippen LogP contribution < -0.4 is 0 Å². The number of esters is 1. The van der Waals surface area contributed by atoms with Gasteiger partial charge in [-0.15, -0.1) is 0 Å². The lowest BCUT2D eigenvalue weighted by atomic mass is 10.2. The van der Waals surface area contributed by atoms with Crippen molar-refractivity contribution in [3.63, 3.8) is 0 Å². The highest BCUT2D eigenvalue weighted by atomic mass is 16.5. The van der Waals surface area contributed by atoms with E-state index in [1.165, 1.54) is 0 Å². The number of hydrogen-bond donors (Lipinski definition) is 0. The Balaban J connectivity index is -0.000000605. The zero-order valence-corrected chi connectivity index (χ0v) is 8.22. The van der Waals surface area contributed by atoms with Gasteiger partial charge in [-0.1, -0.05) is 40.3 Å². The van der Waals surface area contributed by atoms with Crippen molar-refractivity contribution >= 4 is 5.97 Å². The highest BCUT2D eigenvalue weighted by molar-refractivity contribution is 5.72. The summed E-state index contributed by atoms with van der Waals surface area (Å²) in [6.07, 6.45) is 4.36. The molecule has 0 amide bonds. The van der Waals surface area contributed by atoms with E-state index in [-0.39, 0.29) is 20.8 Å². The summed E-state index contributed by atoms with van der Waals surface area (Å²) in [5, 5.41) is 0. The number of carbonyl (C=O) groups excluding carboxylic acids is 1. The van der Waals surface area contributed by atoms with Crippen LogP contribution in [-0.2, 0) is 9.53 Å². The van der Waals surface area contributed by atoms with Gasteiger partial charge in [-0.3, -0.25) is 4.79 Å². The lowest BCUT2D eigenvalue weighted by molar-refractivity contribution is -0.142. The fourth-order valence-corrected chi connectivity index (χ4v) is 0.915. The molecule has 14 heavy (non-hydrogen) atoms. The van der Waals surface area contributed by atoms with E-state index < -0.39 is 0 Å². The van der Waals surface area contributed by atoms with E-state index in [4.69, 9.17) is 4.74 Å². The van der Waals surface area contributed by atoms with Crippen LogP contribution >= 0.6 is 0 Å². The molecule has 0 saturated heterocycles. The molecule has 0 fully saturated rings. The molecule has 0 saturated carbocycles. The van der Waals surface area contributed by atoms with Gasteiger partial charge in [-0.2, -0.15) is 0 Å². The molecular weight excluding hydrogens is 176 g/mol. The van der Waals surface area contributed by atoms with E-state index in [1.807, 2.05) is 19.9 Å². The average molecular weight is 202 g/mol. The van der Waals surface area contributed by atoms with Crippen molar-refractivity contribution in [1.82, 2.24) is 0 Å². The van der Waals surface area contributed by atoms with Gasteiger partial charge in [0.05, 0.1) is 13.0 Å². The van der Waals surface area contributed by atoms with Crippen molar-refractivity contribution in [3.8, 4) is 0 Å². The minimum atomic E-state index is -0.112. The first-order valence-corrected chi connectivity index (χ1v) is 4.52. The molecule has 0 aliphatic carbocycles. The summed E-state index contributed by atoms with van der Waals surface area (Å²) in [6.45, 7) is 6.54. The lowest BCUT2D eigenvalue weighted by Crippen LogP contribution is -2.05. The average Bonchev–Trinajstić information content (AvgIpc) is 2.01. The monoisotopic (exact) mass is 202 g/mol. The molecule has 0 bridgehead atoms. The van der Waals surface area contributed by atoms with Crippen LogP contribution in [0.1, 0.15) is 54.9 Å². The molecule has 0 aromatic carbocycles. The van der Waals surface area contributed by atoms with Gasteiger partial charge in [0.1, 0.15) is 0 Å². The Morgan fingerprint density at radius 3 is 2.29 bits per heavy atom. The number of ether oxygens (including phenoxy) is 1. The SMILES string of the molecule is C.C.CC/C=C(/C)CC(=O)OCCC. The van der Waals surface area contributed by atoms with Gasteiger partial charge in [-0.25, -0.2) is 0 Å². The van der Waals surface area contributed by atoms with Gasteiger partial charge in [0.25, 0.3) is 0 Å². The summed E-state index contributed by atoms with van der Waals surface area (Å²) < 4.78 is 4.93. The van der Waals surface area contributed by atoms with Crippen LogP contribution in [0.5, 0.6) is 0 Å². The third-order valence-electron chi connectivity index (χ3n) is 1.44. The van der Waals surface area contributed by atoms with Crippen molar-refractivity contribution in [3.05, 3.63) is 11.6 Å². The fraction of sp³-hybridized carbons (Fsp3) is 0.750. The molecule has 0 radical (unpaired) electrons. The van der Waals surface area contributed by atoms with Crippen molar-refractivity contribution in [1.29, 1.82) is 0 Å². The van der Waals surface area contributed by atoms with Crippen LogP contribution in [0.4, 0.5) is 0 Å². The Kier molecular flexibility index (Phi) is 16.5. The summed E-state index contributed by atoms with van der Waals surface area (Å²) in [7, 11) is 0. The molecule has 0 aliphatic heterocycles. The molecule has 0 spiro atoms. The maximum Gasteiger partial charge on any atom is 0.309 e. The van der Waals surface area contributed by atoms with Crippen LogP contribution in [-0.4, -0.2) is 12.6 Å². The van der Waals surface area contributed by atoms with Gasteiger partial charge >= 0.3 is 5.97 Å². The van der Waals surface area contributed by atoms with E-state index in [0.717, 1.165) is 18.4 Å². The van der Waals surface area contributed by atoms with Crippen molar-refractivity contribution in [2.24, 2.45) is 0 Å². The normalized spacial score (nSPS) is 9.79. The molecule has 2 heteroatoms. The molecular formula is C12H26O2. The molecule has 2 nitrogen and oxygen atoms in total. The van der Waals surface area contributed by atoms with Crippen LogP contribution in [0.15, 0.2) is 11.6 Å². The first-order chi connectivity index (χ1) is 5.70. The first kappa shape index (κ1) is 18.9. The van der Waals surface area contributed by atoms with E-state index in [1.54, 1.807) is 0 Å². The van der Waals surface area contributed by atoms with Crippen LogP contribution in [0.3, 0.4) is 0 Å². The minimum absolute atomic E-state index is 0. The molecule has 86 valence electrons. The van der Waals surface area contributed by atoms with Gasteiger partial charge in [0.2, 0.25) is 0 Å². The second kappa shape index (κ2) is 12.2. The summed E-state index contributed by atoms with van der Waals surface area (Å²) in [5.74, 6) is -0.112. The van der Waals surface area contributed by atoms with Crippen LogP contribution in [0.2, 0.25) is 0 Å². The number of allylic oxidation sites excluding steroid dienone is 1. The Labute approximate surface area is 89.4 Å². The Morgan fingerprint density at radius 2 is 1.86 bits per heavy atom. The fourth-order valence-electron chi connectivity index (χ4n) is 0.915. The van der Waals surface area contributed by atoms with E-state index in [0.29, 0.717) is 13.0 Å². The zero-order chi connectivity index (χ0) is 9.40. The standard InChI is InChI=1S/C10H18O2.2CH4/c1-4-6-9(3)8-10(11)12-7-5-2;;/h6H,4-5,7-8H2,1-3H3;2*1H4/b9-6-;;. The topological polar surface area (TPSA) is 26.3 Å². The summed E-state index contributed by atoms with van der Waals surface area (Å²) in [6, 6.07) is 0. The van der Waals surface area contributed by atoms with E-state index in [2.05, 4.69) is 6.92 Å². The summed E-state index contributed by atoms with van der Waals surface area (Å²) >= 11 is 0. The summed E-state index contributed by atoms with van der Waals surface area (Å²) in [5.41, 5.74) is 1.10. The van der Waals surface area contributed by atoms with Gasteiger partial charge in [0.15, 0.2) is 0 Å². The highest BCUT2D eigenvalue weighted by Crippen LogP contribution is 2.02. The summed E-state index contributed by atoms with van der Waals surface area (Å²) in [4.78, 5) is 11.0. The predicted molar refractivity (Wildman–Crippen MR) is 63.4 cm³/mol. The molecule has 0 aliphatic rings. The van der Waals surface area contributed by atoms with Crippen molar-refractivity contribution < 1.29 is 9.53 Å². The molecule has 0 N–H and O–H groups in total. The van der Waals surface area contributed by atoms with E-state index >= 15 is 0 Å². The maximum atomic E-state index is 11.0. The van der Waals surface area contributed by atoms with Crippen LogP contribution in [0.25, 0.3) is 0 Å². The van der Waals surface area contributed by atoms with Crippen molar-refractivity contribution in [2.45, 2.75) is 54.9 Å². The number of hydrogen-bond acceptors (Lipinski definition) is 2.